The average molecular weight is 128 g/mol. The first-order valence-corrected chi connectivity index (χ1v) is 3.43. The number of rotatable bonds is 0. The van der Waals surface area contributed by atoms with Crippen molar-refractivity contribution >= 4 is 5.96 Å². The van der Waals surface area contributed by atoms with Gasteiger partial charge in [-0.3, -0.25) is 16.0 Å². The van der Waals surface area contributed by atoms with Gasteiger partial charge in [0.2, 0.25) is 0 Å². The lowest BCUT2D eigenvalue weighted by molar-refractivity contribution is -0.539. The summed E-state index contributed by atoms with van der Waals surface area (Å²) in [7, 11) is 0. The predicted octanol–water partition coefficient (Wildman–Crippen LogP) is -0.544. The fourth-order valence-electron chi connectivity index (χ4n) is 1.15. The van der Waals surface area contributed by atoms with Gasteiger partial charge in [-0.25, -0.2) is 0 Å². The summed E-state index contributed by atoms with van der Waals surface area (Å²) in [4.78, 5) is 0. The molecule has 1 fully saturated rings. The molecule has 0 amide bonds. The third kappa shape index (κ3) is 1.59. The molecule has 1 saturated heterocycles. The van der Waals surface area contributed by atoms with Crippen molar-refractivity contribution in [1.82, 2.24) is 0 Å². The van der Waals surface area contributed by atoms with E-state index in [0.717, 1.165) is 13.1 Å². The highest BCUT2D eigenvalue weighted by molar-refractivity contribution is 5.70. The largest absolute Gasteiger partial charge is 0.341 e. The number of nitrogens with zero attached hydrogens (tertiary/aromatic N) is 1. The van der Waals surface area contributed by atoms with Gasteiger partial charge in [0.05, 0.1) is 13.1 Å². The molecule has 0 radical (unpaired) electrons. The minimum atomic E-state index is 0.481. The van der Waals surface area contributed by atoms with Crippen LogP contribution in [0, 0.1) is 0 Å². The lowest BCUT2D eigenvalue weighted by Gasteiger charge is -2.13. The number of guanidine groups is 1. The molecule has 52 valence electrons. The molecular weight excluding hydrogens is 114 g/mol. The van der Waals surface area contributed by atoms with Crippen LogP contribution in [0.5, 0.6) is 0 Å². The van der Waals surface area contributed by atoms with E-state index in [1.807, 2.05) is 4.58 Å². The molecule has 9 heavy (non-hydrogen) atoms. The lowest BCUT2D eigenvalue weighted by Crippen LogP contribution is -2.38. The van der Waals surface area contributed by atoms with Crippen LogP contribution in [0.25, 0.3) is 0 Å². The minimum Gasteiger partial charge on any atom is -0.291 e. The van der Waals surface area contributed by atoms with Gasteiger partial charge in [0.15, 0.2) is 0 Å². The van der Waals surface area contributed by atoms with Gasteiger partial charge in [-0.05, 0) is 19.3 Å². The summed E-state index contributed by atoms with van der Waals surface area (Å²) in [6.45, 7) is 2.09. The molecule has 0 saturated carbocycles. The molecule has 3 nitrogen and oxygen atoms in total. The highest BCUT2D eigenvalue weighted by atomic mass is 15.1. The van der Waals surface area contributed by atoms with Crippen LogP contribution in [0.2, 0.25) is 0 Å². The van der Waals surface area contributed by atoms with Gasteiger partial charge in [-0.15, -0.1) is 0 Å². The lowest BCUT2D eigenvalue weighted by atomic mass is 10.2. The molecule has 0 unspecified atom stereocenters. The molecule has 0 aliphatic carbocycles. The van der Waals surface area contributed by atoms with Gasteiger partial charge >= 0.3 is 5.96 Å². The van der Waals surface area contributed by atoms with Crippen LogP contribution in [0.1, 0.15) is 19.3 Å². The van der Waals surface area contributed by atoms with Crippen molar-refractivity contribution in [3.05, 3.63) is 0 Å². The summed E-state index contributed by atoms with van der Waals surface area (Å²) in [5.74, 6) is 0.481. The molecule has 0 atom stereocenters. The average Bonchev–Trinajstić information content (AvgIpc) is 1.90. The second kappa shape index (κ2) is 2.71. The Morgan fingerprint density at radius 3 is 1.89 bits per heavy atom. The summed E-state index contributed by atoms with van der Waals surface area (Å²) in [6, 6.07) is 0. The van der Waals surface area contributed by atoms with Crippen molar-refractivity contribution in [3.8, 4) is 0 Å². The standard InChI is InChI=1S/C6H13N3/c7-6(8)9-4-2-1-3-5-9/h1-5H2,(H3,7,8)/p+1. The summed E-state index contributed by atoms with van der Waals surface area (Å²) < 4.78 is 2.03. The highest BCUT2D eigenvalue weighted by Crippen LogP contribution is 2.02. The van der Waals surface area contributed by atoms with Crippen LogP contribution >= 0.6 is 0 Å². The Bertz CT molecular complexity index is 116. The number of piperidine rings is 1. The van der Waals surface area contributed by atoms with E-state index < -0.39 is 0 Å². The quantitative estimate of drug-likeness (QED) is 0.340. The Balaban J connectivity index is 2.49. The van der Waals surface area contributed by atoms with Crippen LogP contribution in [0.3, 0.4) is 0 Å². The first-order chi connectivity index (χ1) is 4.30. The summed E-state index contributed by atoms with van der Waals surface area (Å²) in [5, 5.41) is 0. The summed E-state index contributed by atoms with van der Waals surface area (Å²) in [5.41, 5.74) is 10.8. The van der Waals surface area contributed by atoms with Gasteiger partial charge in [0.25, 0.3) is 0 Å². The monoisotopic (exact) mass is 128 g/mol. The Morgan fingerprint density at radius 2 is 1.56 bits per heavy atom. The SMILES string of the molecule is NC(N)=[N+]1CCCCC1. The molecular formula is C6H14N3+. The Hall–Kier alpha value is -0.730. The first-order valence-electron chi connectivity index (χ1n) is 3.43. The molecule has 1 aliphatic rings. The molecule has 1 aliphatic heterocycles. The molecule has 3 heteroatoms. The molecule has 4 N–H and O–H groups in total. The van der Waals surface area contributed by atoms with Crippen molar-refractivity contribution in [2.24, 2.45) is 11.5 Å². The van der Waals surface area contributed by atoms with Crippen LogP contribution in [-0.2, 0) is 0 Å². The first kappa shape index (κ1) is 6.39. The highest BCUT2D eigenvalue weighted by Gasteiger charge is 2.07. The predicted molar refractivity (Wildman–Crippen MR) is 37.2 cm³/mol. The zero-order chi connectivity index (χ0) is 6.69. The normalized spacial score (nSPS) is 19.8. The summed E-state index contributed by atoms with van der Waals surface area (Å²) in [6.07, 6.45) is 3.79. The topological polar surface area (TPSA) is 55.0 Å². The van der Waals surface area contributed by atoms with E-state index in [-0.39, 0.29) is 0 Å². The maximum absolute atomic E-state index is 5.39. The minimum absolute atomic E-state index is 0.481. The molecule has 0 aromatic heterocycles. The number of hydrogen-bond acceptors (Lipinski definition) is 0. The third-order valence-corrected chi connectivity index (χ3v) is 1.72. The molecule has 0 spiro atoms. The molecule has 0 aromatic rings. The number of nitrogens with two attached hydrogens (primary N) is 2. The van der Waals surface area contributed by atoms with Crippen molar-refractivity contribution < 1.29 is 4.58 Å². The van der Waals surface area contributed by atoms with E-state index in [4.69, 9.17) is 11.5 Å². The van der Waals surface area contributed by atoms with Crippen molar-refractivity contribution in [1.29, 1.82) is 0 Å². The second-order valence-corrected chi connectivity index (χ2v) is 2.47. The molecule has 0 aromatic carbocycles. The van der Waals surface area contributed by atoms with E-state index in [0.29, 0.717) is 5.96 Å². The van der Waals surface area contributed by atoms with E-state index in [1.54, 1.807) is 0 Å². The van der Waals surface area contributed by atoms with Gasteiger partial charge < -0.3 is 0 Å². The van der Waals surface area contributed by atoms with Crippen molar-refractivity contribution in [2.75, 3.05) is 13.1 Å². The Labute approximate surface area is 55.3 Å². The third-order valence-electron chi connectivity index (χ3n) is 1.72. The zero-order valence-corrected chi connectivity index (χ0v) is 5.64. The van der Waals surface area contributed by atoms with E-state index in [9.17, 15) is 0 Å². The van der Waals surface area contributed by atoms with Crippen molar-refractivity contribution in [2.45, 2.75) is 19.3 Å². The fraction of sp³-hybridized carbons (Fsp3) is 0.833. The molecule has 0 bridgehead atoms. The Morgan fingerprint density at radius 1 is 1.00 bits per heavy atom. The van der Waals surface area contributed by atoms with E-state index in [1.165, 1.54) is 19.3 Å². The van der Waals surface area contributed by atoms with Gasteiger partial charge in [-0.1, -0.05) is 0 Å². The smallest absolute Gasteiger partial charge is 0.291 e. The maximum atomic E-state index is 5.39. The van der Waals surface area contributed by atoms with Gasteiger partial charge in [0, 0.05) is 0 Å². The van der Waals surface area contributed by atoms with E-state index in [2.05, 4.69) is 0 Å². The molecule has 1 heterocycles. The van der Waals surface area contributed by atoms with E-state index >= 15 is 0 Å². The van der Waals surface area contributed by atoms with Crippen LogP contribution in [-0.4, -0.2) is 23.6 Å². The second-order valence-electron chi connectivity index (χ2n) is 2.47. The van der Waals surface area contributed by atoms with Crippen LogP contribution < -0.4 is 11.5 Å². The van der Waals surface area contributed by atoms with Crippen molar-refractivity contribution in [3.63, 3.8) is 0 Å². The molecule has 1 rings (SSSR count). The zero-order valence-electron chi connectivity index (χ0n) is 5.64. The Kier molecular flexibility index (Phi) is 1.92. The van der Waals surface area contributed by atoms with Gasteiger partial charge in [0.1, 0.15) is 0 Å². The fourth-order valence-corrected chi connectivity index (χ4v) is 1.15. The van der Waals surface area contributed by atoms with Crippen LogP contribution in [0.4, 0.5) is 0 Å². The number of hydrogen-bond donors (Lipinski definition) is 2. The van der Waals surface area contributed by atoms with Crippen LogP contribution in [0.15, 0.2) is 0 Å². The van der Waals surface area contributed by atoms with Gasteiger partial charge in [-0.2, -0.15) is 0 Å². The maximum Gasteiger partial charge on any atom is 0.341 e. The summed E-state index contributed by atoms with van der Waals surface area (Å²) >= 11 is 0.